The number of Topliss-reactive ketones (excluding diaryl/α,β-unsaturated/α-hetero) is 1. The van der Waals surface area contributed by atoms with E-state index < -0.39 is 0 Å². The van der Waals surface area contributed by atoms with Gasteiger partial charge in [0.2, 0.25) is 5.91 Å². The number of carbonyl (C=O) groups is 2. The van der Waals surface area contributed by atoms with Crippen LogP contribution in [0.2, 0.25) is 0 Å². The van der Waals surface area contributed by atoms with Crippen LogP contribution in [0.5, 0.6) is 0 Å². The van der Waals surface area contributed by atoms with Gasteiger partial charge in [0.25, 0.3) is 0 Å². The third kappa shape index (κ3) is 3.86. The molecule has 0 bridgehead atoms. The van der Waals surface area contributed by atoms with Crippen molar-refractivity contribution in [2.45, 2.75) is 69.6 Å². The zero-order chi connectivity index (χ0) is 23.3. The number of ketones is 1. The third-order valence-corrected chi connectivity index (χ3v) is 9.15. The Hall–Kier alpha value is -2.36. The fourth-order valence-electron chi connectivity index (χ4n) is 5.60. The summed E-state index contributed by atoms with van der Waals surface area (Å²) in [7, 11) is 0. The number of fused-ring (bicyclic) bond motifs is 1. The SMILES string of the molecule is CSc1ccc([C@@H]2CC(=O)N(c3sc4c(c3C#N)CCCC4)C3=C2C(=O)CC(C)(C)C3)cc1. The molecule has 1 aliphatic heterocycles. The number of nitriles is 1. The topological polar surface area (TPSA) is 61.2 Å². The maximum absolute atomic E-state index is 13.7. The lowest BCUT2D eigenvalue weighted by Gasteiger charge is -2.42. The average molecular weight is 477 g/mol. The molecule has 0 fully saturated rings. The summed E-state index contributed by atoms with van der Waals surface area (Å²) in [5.41, 5.74) is 4.17. The molecule has 1 aromatic carbocycles. The minimum Gasteiger partial charge on any atom is -0.294 e. The smallest absolute Gasteiger partial charge is 0.232 e. The summed E-state index contributed by atoms with van der Waals surface area (Å²) in [5.74, 6) is -0.0887. The van der Waals surface area contributed by atoms with Crippen LogP contribution in [0, 0.1) is 16.7 Å². The van der Waals surface area contributed by atoms with Gasteiger partial charge in [-0.1, -0.05) is 26.0 Å². The van der Waals surface area contributed by atoms with E-state index in [4.69, 9.17) is 0 Å². The molecule has 4 nitrogen and oxygen atoms in total. The molecule has 2 heterocycles. The van der Waals surface area contributed by atoms with Crippen molar-refractivity contribution < 1.29 is 9.59 Å². The van der Waals surface area contributed by atoms with E-state index >= 15 is 0 Å². The van der Waals surface area contributed by atoms with E-state index in [0.717, 1.165) is 58.0 Å². The Morgan fingerprint density at radius 1 is 1.12 bits per heavy atom. The number of anilines is 1. The van der Waals surface area contributed by atoms with E-state index in [-0.39, 0.29) is 29.4 Å². The lowest BCUT2D eigenvalue weighted by molar-refractivity contribution is -0.120. The Morgan fingerprint density at radius 3 is 2.55 bits per heavy atom. The van der Waals surface area contributed by atoms with E-state index in [1.807, 2.05) is 6.26 Å². The number of nitrogens with zero attached hydrogens (tertiary/aromatic N) is 2. The standard InChI is InChI=1S/C27H28N2O2S2/c1-27(2)13-21-25(22(30)14-27)19(16-8-10-17(32-3)11-9-16)12-24(31)29(21)26-20(15-28)18-6-4-5-7-23(18)33-26/h8-11,19H,4-7,12-14H2,1-3H3/t19-/m0/s1. The lowest BCUT2D eigenvalue weighted by atomic mass is 9.69. The number of aryl methyl sites for hydroxylation is 1. The predicted octanol–water partition coefficient (Wildman–Crippen LogP) is 6.38. The van der Waals surface area contributed by atoms with Crippen molar-refractivity contribution in [1.82, 2.24) is 0 Å². The first-order valence-corrected chi connectivity index (χ1v) is 13.6. The molecule has 2 aromatic rings. The van der Waals surface area contributed by atoms with Gasteiger partial charge in [0.05, 0.1) is 5.56 Å². The monoisotopic (exact) mass is 476 g/mol. The van der Waals surface area contributed by atoms with Crippen LogP contribution in [0.4, 0.5) is 5.00 Å². The molecular weight excluding hydrogens is 448 g/mol. The first-order valence-electron chi connectivity index (χ1n) is 11.6. The van der Waals surface area contributed by atoms with Crippen LogP contribution in [0.15, 0.2) is 40.4 Å². The molecule has 3 aliphatic rings. The van der Waals surface area contributed by atoms with Gasteiger partial charge in [-0.05, 0) is 67.0 Å². The molecule has 170 valence electrons. The van der Waals surface area contributed by atoms with Crippen molar-refractivity contribution in [3.05, 3.63) is 57.1 Å². The highest BCUT2D eigenvalue weighted by atomic mass is 32.2. The van der Waals surface area contributed by atoms with E-state index in [2.05, 4.69) is 44.2 Å². The number of rotatable bonds is 3. The Bertz CT molecular complexity index is 1210. The van der Waals surface area contributed by atoms with Crippen LogP contribution in [0.1, 0.15) is 73.4 Å². The quantitative estimate of drug-likeness (QED) is 0.482. The molecule has 5 rings (SSSR count). The average Bonchev–Trinajstić information content (AvgIpc) is 3.15. The number of allylic oxidation sites excluding steroid dienone is 2. The van der Waals surface area contributed by atoms with E-state index in [0.29, 0.717) is 18.4 Å². The van der Waals surface area contributed by atoms with Crippen molar-refractivity contribution in [3.63, 3.8) is 0 Å². The van der Waals surface area contributed by atoms with Gasteiger partial charge in [-0.15, -0.1) is 23.1 Å². The summed E-state index contributed by atoms with van der Waals surface area (Å²) >= 11 is 3.27. The molecule has 0 unspecified atom stereocenters. The van der Waals surface area contributed by atoms with Crippen LogP contribution in [0.3, 0.4) is 0 Å². The zero-order valence-corrected chi connectivity index (χ0v) is 21.0. The first kappa shape index (κ1) is 22.4. The fourth-order valence-corrected chi connectivity index (χ4v) is 7.39. The van der Waals surface area contributed by atoms with Gasteiger partial charge in [-0.3, -0.25) is 14.5 Å². The maximum atomic E-state index is 13.7. The molecule has 33 heavy (non-hydrogen) atoms. The highest BCUT2D eigenvalue weighted by Gasteiger charge is 2.45. The Labute approximate surface area is 203 Å². The Morgan fingerprint density at radius 2 is 1.85 bits per heavy atom. The molecule has 0 N–H and O–H groups in total. The number of carbonyl (C=O) groups excluding carboxylic acids is 2. The molecule has 6 heteroatoms. The molecule has 0 saturated heterocycles. The van der Waals surface area contributed by atoms with Gasteiger partial charge < -0.3 is 0 Å². The molecule has 0 radical (unpaired) electrons. The fraction of sp³-hybridized carbons (Fsp3) is 0.444. The van der Waals surface area contributed by atoms with Gasteiger partial charge in [0.15, 0.2) is 5.78 Å². The number of thioether (sulfide) groups is 1. The highest BCUT2D eigenvalue weighted by molar-refractivity contribution is 7.98. The Balaban J connectivity index is 1.68. The van der Waals surface area contributed by atoms with Crippen molar-refractivity contribution in [1.29, 1.82) is 5.26 Å². The second-order valence-electron chi connectivity index (χ2n) is 10.1. The van der Waals surface area contributed by atoms with E-state index in [1.165, 1.54) is 4.88 Å². The van der Waals surface area contributed by atoms with Crippen molar-refractivity contribution >= 4 is 39.8 Å². The summed E-state index contributed by atoms with van der Waals surface area (Å²) in [6.45, 7) is 4.19. The molecule has 0 spiro atoms. The minimum atomic E-state index is -0.220. The third-order valence-electron chi connectivity index (χ3n) is 7.13. The minimum absolute atomic E-state index is 0.00621. The lowest BCUT2D eigenvalue weighted by Crippen LogP contribution is -2.43. The van der Waals surface area contributed by atoms with Crippen LogP contribution in [-0.4, -0.2) is 17.9 Å². The second kappa shape index (κ2) is 8.45. The van der Waals surface area contributed by atoms with Gasteiger partial charge >= 0.3 is 0 Å². The second-order valence-corrected chi connectivity index (χ2v) is 12.0. The van der Waals surface area contributed by atoms with Gasteiger partial charge in [-0.2, -0.15) is 5.26 Å². The summed E-state index contributed by atoms with van der Waals surface area (Å²) in [5, 5.41) is 10.8. The zero-order valence-electron chi connectivity index (χ0n) is 19.4. The molecular formula is C27H28N2O2S2. The molecule has 1 aromatic heterocycles. The van der Waals surface area contributed by atoms with Crippen LogP contribution in [-0.2, 0) is 22.4 Å². The summed E-state index contributed by atoms with van der Waals surface area (Å²) in [6, 6.07) is 10.7. The number of benzene rings is 1. The predicted molar refractivity (Wildman–Crippen MR) is 134 cm³/mol. The molecule has 0 saturated carbocycles. The van der Waals surface area contributed by atoms with Crippen LogP contribution < -0.4 is 4.90 Å². The maximum Gasteiger partial charge on any atom is 0.232 e. The van der Waals surface area contributed by atoms with Crippen molar-refractivity contribution in [2.24, 2.45) is 5.41 Å². The summed E-state index contributed by atoms with van der Waals surface area (Å²) in [4.78, 5) is 31.4. The molecule has 1 amide bonds. The van der Waals surface area contributed by atoms with Crippen LogP contribution in [0.25, 0.3) is 0 Å². The van der Waals surface area contributed by atoms with E-state index in [1.54, 1.807) is 28.0 Å². The molecule has 1 atom stereocenters. The number of hydrogen-bond acceptors (Lipinski definition) is 5. The van der Waals surface area contributed by atoms with Crippen molar-refractivity contribution in [2.75, 3.05) is 11.2 Å². The number of thiophene rings is 1. The van der Waals surface area contributed by atoms with Crippen LogP contribution >= 0.6 is 23.1 Å². The largest absolute Gasteiger partial charge is 0.294 e. The van der Waals surface area contributed by atoms with Gasteiger partial charge in [0.1, 0.15) is 11.1 Å². The first-order chi connectivity index (χ1) is 15.8. The summed E-state index contributed by atoms with van der Waals surface area (Å²) in [6.07, 6.45) is 7.52. The summed E-state index contributed by atoms with van der Waals surface area (Å²) < 4.78 is 0. The Kier molecular flexibility index (Phi) is 5.74. The van der Waals surface area contributed by atoms with Crippen molar-refractivity contribution in [3.8, 4) is 6.07 Å². The number of hydrogen-bond donors (Lipinski definition) is 0. The normalized spacial score (nSPS) is 22.1. The van der Waals surface area contributed by atoms with Gasteiger partial charge in [-0.25, -0.2) is 0 Å². The number of amides is 1. The highest BCUT2D eigenvalue weighted by Crippen LogP contribution is 2.51. The van der Waals surface area contributed by atoms with E-state index in [9.17, 15) is 14.9 Å². The molecule has 2 aliphatic carbocycles. The van der Waals surface area contributed by atoms with Gasteiger partial charge in [0, 0.05) is 39.8 Å².